The van der Waals surface area contributed by atoms with E-state index >= 15 is 0 Å². The Kier molecular flexibility index (Phi) is 5.84. The third kappa shape index (κ3) is 5.36. The van der Waals surface area contributed by atoms with E-state index in [4.69, 9.17) is 0 Å². The third-order valence-corrected chi connectivity index (χ3v) is 6.27. The van der Waals surface area contributed by atoms with Crippen molar-refractivity contribution in [1.29, 1.82) is 0 Å². The molecule has 2 atom stereocenters. The van der Waals surface area contributed by atoms with Crippen molar-refractivity contribution in [3.63, 3.8) is 0 Å². The van der Waals surface area contributed by atoms with Crippen LogP contribution in [0.1, 0.15) is 36.1 Å². The third-order valence-electron chi connectivity index (χ3n) is 6.27. The lowest BCUT2D eigenvalue weighted by atomic mass is 9.93. The normalized spacial score (nSPS) is 21.1. The van der Waals surface area contributed by atoms with Crippen LogP contribution in [0.3, 0.4) is 0 Å². The number of pyridine rings is 1. The fourth-order valence-corrected chi connectivity index (χ4v) is 4.62. The summed E-state index contributed by atoms with van der Waals surface area (Å²) in [7, 11) is 2.02. The molecule has 2 aromatic heterocycles. The number of benzene rings is 1. The monoisotopic (exact) mass is 488 g/mol. The van der Waals surface area contributed by atoms with Gasteiger partial charge < -0.3 is 10.6 Å². The van der Waals surface area contributed by atoms with Crippen LogP contribution >= 0.6 is 0 Å². The van der Waals surface area contributed by atoms with Crippen molar-refractivity contribution in [2.75, 3.05) is 10.6 Å². The molecule has 182 valence electrons. The van der Waals surface area contributed by atoms with E-state index in [1.54, 1.807) is 0 Å². The summed E-state index contributed by atoms with van der Waals surface area (Å²) in [5.41, 5.74) is 2.41. The zero-order valence-corrected chi connectivity index (χ0v) is 18.8. The van der Waals surface area contributed by atoms with Crippen molar-refractivity contribution < 1.29 is 22.0 Å². The molecule has 0 spiro atoms. The van der Waals surface area contributed by atoms with Gasteiger partial charge in [-0.2, -0.15) is 28.1 Å². The van der Waals surface area contributed by atoms with Crippen molar-refractivity contribution in [3.8, 4) is 11.5 Å². The van der Waals surface area contributed by atoms with Gasteiger partial charge in [-0.1, -0.05) is 29.7 Å². The van der Waals surface area contributed by atoms with Crippen LogP contribution in [0.25, 0.3) is 11.5 Å². The molecule has 2 unspecified atom stereocenters. The first-order valence-corrected chi connectivity index (χ1v) is 11.3. The largest absolute Gasteiger partial charge is 0.433 e. The Morgan fingerprint density at radius 2 is 1.60 bits per heavy atom. The maximum atomic E-state index is 13.7. The predicted molar refractivity (Wildman–Crippen MR) is 124 cm³/mol. The summed E-state index contributed by atoms with van der Waals surface area (Å²) in [6.07, 6.45) is -3.55. The molecule has 35 heavy (non-hydrogen) atoms. The molecule has 2 N–H and O–H groups in total. The van der Waals surface area contributed by atoms with Crippen molar-refractivity contribution in [2.45, 2.75) is 56.3 Å². The lowest BCUT2D eigenvalue weighted by molar-refractivity contribution is -0.141. The van der Waals surface area contributed by atoms with Gasteiger partial charge in [0.25, 0.3) is 0 Å². The maximum absolute atomic E-state index is 13.7. The second-order valence-electron chi connectivity index (χ2n) is 9.17. The van der Waals surface area contributed by atoms with Crippen LogP contribution in [0, 0.1) is 0 Å². The summed E-state index contributed by atoms with van der Waals surface area (Å²) in [5, 5.41) is 6.15. The lowest BCUT2D eigenvalue weighted by Crippen LogP contribution is -2.24. The van der Waals surface area contributed by atoms with Crippen molar-refractivity contribution >= 4 is 25.2 Å². The second-order valence-corrected chi connectivity index (χ2v) is 9.17. The maximum Gasteiger partial charge on any atom is 0.433 e. The fraction of sp³-hybridized carbons (Fsp3) is 0.391. The molecule has 2 heterocycles. The molecule has 3 aromatic rings. The van der Waals surface area contributed by atoms with Crippen LogP contribution in [0.2, 0.25) is 0 Å². The number of hydrogen-bond acceptors (Lipinski definition) is 6. The number of rotatable bonds is 5. The highest BCUT2D eigenvalue weighted by molar-refractivity contribution is 6.32. The van der Waals surface area contributed by atoms with Crippen molar-refractivity contribution in [1.82, 2.24) is 19.9 Å². The number of nitrogens with one attached hydrogen (secondary N) is 2. The van der Waals surface area contributed by atoms with E-state index in [-0.39, 0.29) is 48.7 Å². The minimum atomic E-state index is -4.63. The summed E-state index contributed by atoms with van der Waals surface area (Å²) >= 11 is 0. The van der Waals surface area contributed by atoms with Crippen molar-refractivity contribution in [2.24, 2.45) is 0 Å². The van der Waals surface area contributed by atoms with E-state index in [0.29, 0.717) is 0 Å². The molecule has 0 aliphatic heterocycles. The molecular formula is C23H22BF5N6. The SMILES string of the molecule is Bc1ccc2c(c1)CC(Nc1nc(NC3CCC(F)(F)C3)nc(-c3cccc(C(F)(F)F)n3)n1)C2. The van der Waals surface area contributed by atoms with Crippen LogP contribution in [0.5, 0.6) is 0 Å². The average Bonchev–Trinajstić information content (AvgIpc) is 3.34. The number of nitrogens with zero attached hydrogens (tertiary/aromatic N) is 4. The minimum absolute atomic E-state index is 0.0192. The molecule has 2 aliphatic carbocycles. The topological polar surface area (TPSA) is 75.6 Å². The molecule has 0 radical (unpaired) electrons. The van der Waals surface area contributed by atoms with Gasteiger partial charge in [0.2, 0.25) is 17.8 Å². The number of alkyl halides is 5. The Labute approximate surface area is 199 Å². The molecule has 5 rings (SSSR count). The van der Waals surface area contributed by atoms with Crippen molar-refractivity contribution in [3.05, 3.63) is 53.2 Å². The first kappa shape index (κ1) is 23.4. The van der Waals surface area contributed by atoms with Gasteiger partial charge in [0, 0.05) is 24.9 Å². The number of halogens is 5. The van der Waals surface area contributed by atoms with E-state index in [1.165, 1.54) is 23.3 Å². The summed E-state index contributed by atoms with van der Waals surface area (Å²) in [5.74, 6) is -2.68. The van der Waals surface area contributed by atoms with E-state index in [9.17, 15) is 22.0 Å². The smallest absolute Gasteiger partial charge is 0.351 e. The lowest BCUT2D eigenvalue weighted by Gasteiger charge is -2.17. The van der Waals surface area contributed by atoms with Crippen LogP contribution in [0.4, 0.5) is 33.8 Å². The molecule has 1 aromatic carbocycles. The fourth-order valence-electron chi connectivity index (χ4n) is 4.62. The number of hydrogen-bond donors (Lipinski definition) is 2. The minimum Gasteiger partial charge on any atom is -0.351 e. The predicted octanol–water partition coefficient (Wildman–Crippen LogP) is 3.39. The van der Waals surface area contributed by atoms with E-state index in [0.717, 1.165) is 24.4 Å². The molecule has 6 nitrogen and oxygen atoms in total. The first-order chi connectivity index (χ1) is 16.5. The molecule has 0 bridgehead atoms. The summed E-state index contributed by atoms with van der Waals surface area (Å²) in [6.45, 7) is 0. The first-order valence-electron chi connectivity index (χ1n) is 11.3. The molecule has 1 fully saturated rings. The summed E-state index contributed by atoms with van der Waals surface area (Å²) < 4.78 is 67.0. The molecule has 0 amide bonds. The zero-order valence-electron chi connectivity index (χ0n) is 18.8. The molecule has 2 aliphatic rings. The molecule has 12 heteroatoms. The van der Waals surface area contributed by atoms with Crippen LogP contribution < -0.4 is 16.1 Å². The van der Waals surface area contributed by atoms with Gasteiger partial charge in [-0.3, -0.25) is 0 Å². The highest BCUT2D eigenvalue weighted by atomic mass is 19.4. The summed E-state index contributed by atoms with van der Waals surface area (Å²) in [4.78, 5) is 16.6. The zero-order chi connectivity index (χ0) is 24.8. The van der Waals surface area contributed by atoms with Crippen LogP contribution in [0.15, 0.2) is 36.4 Å². The Hall–Kier alpha value is -3.31. The van der Waals surface area contributed by atoms with Gasteiger partial charge in [-0.25, -0.2) is 13.8 Å². The standard InChI is InChI=1S/C23H22BF5N6/c24-14-5-4-12-9-16(10-13(12)8-14)31-21-34-19(17-2-1-3-18(32-17)23(27,28)29)33-20(35-21)30-15-6-7-22(25,26)11-15/h1-5,8,15-16H,6-7,9-11,24H2,(H2,30,31,33,34,35). The Morgan fingerprint density at radius 1 is 0.886 bits per heavy atom. The number of fused-ring (bicyclic) bond motifs is 1. The highest BCUT2D eigenvalue weighted by Crippen LogP contribution is 2.36. The Balaban J connectivity index is 1.44. The highest BCUT2D eigenvalue weighted by Gasteiger charge is 2.40. The van der Waals surface area contributed by atoms with Gasteiger partial charge in [0.05, 0.1) is 0 Å². The van der Waals surface area contributed by atoms with Gasteiger partial charge in [-0.05, 0) is 42.5 Å². The average molecular weight is 488 g/mol. The molecule has 1 saturated carbocycles. The van der Waals surface area contributed by atoms with Crippen LogP contribution in [-0.4, -0.2) is 45.8 Å². The molecule has 0 saturated heterocycles. The second kappa shape index (κ2) is 8.73. The van der Waals surface area contributed by atoms with Crippen LogP contribution in [-0.2, 0) is 19.0 Å². The Bertz CT molecular complexity index is 1250. The molecular weight excluding hydrogens is 466 g/mol. The van der Waals surface area contributed by atoms with E-state index in [1.807, 2.05) is 13.9 Å². The van der Waals surface area contributed by atoms with Gasteiger partial charge in [0.15, 0.2) is 5.82 Å². The van der Waals surface area contributed by atoms with E-state index < -0.39 is 23.8 Å². The quantitative estimate of drug-likeness (QED) is 0.424. The van der Waals surface area contributed by atoms with Gasteiger partial charge in [0.1, 0.15) is 19.2 Å². The Morgan fingerprint density at radius 3 is 2.29 bits per heavy atom. The number of aromatic nitrogens is 4. The summed E-state index contributed by atoms with van der Waals surface area (Å²) in [6, 6.07) is 9.11. The van der Waals surface area contributed by atoms with E-state index in [2.05, 4.69) is 42.7 Å². The van der Waals surface area contributed by atoms with Gasteiger partial charge >= 0.3 is 6.18 Å². The number of anilines is 2. The van der Waals surface area contributed by atoms with Gasteiger partial charge in [-0.15, -0.1) is 0 Å².